The number of carbonyl (C=O) groups excluding carboxylic acids is 1. The minimum atomic E-state index is -0.239. The lowest BCUT2D eigenvalue weighted by atomic mass is 10.0. The van der Waals surface area contributed by atoms with E-state index < -0.39 is 0 Å². The molecule has 0 spiro atoms. The molecule has 0 saturated heterocycles. The fraction of sp³-hybridized carbons (Fsp3) is 0.190. The highest BCUT2D eigenvalue weighted by molar-refractivity contribution is 5.88. The van der Waals surface area contributed by atoms with Crippen LogP contribution in [0.25, 0.3) is 10.9 Å². The lowest BCUT2D eigenvalue weighted by Crippen LogP contribution is -2.38. The van der Waals surface area contributed by atoms with Crippen molar-refractivity contribution in [1.82, 2.24) is 10.4 Å². The summed E-state index contributed by atoms with van der Waals surface area (Å²) < 4.78 is 0. The third-order valence-corrected chi connectivity index (χ3v) is 4.72. The number of benzene rings is 2. The van der Waals surface area contributed by atoms with E-state index in [1.54, 1.807) is 6.07 Å². The number of aromatic nitrogens is 1. The Balaban J connectivity index is 1.43. The van der Waals surface area contributed by atoms with Crippen LogP contribution in [0.5, 0.6) is 0 Å². The fourth-order valence-electron chi connectivity index (χ4n) is 3.42. The molecule has 2 heterocycles. The van der Waals surface area contributed by atoms with Crippen molar-refractivity contribution in [2.75, 3.05) is 18.0 Å². The lowest BCUT2D eigenvalue weighted by molar-refractivity contribution is -0.119. The normalized spacial score (nSPS) is 13.7. The summed E-state index contributed by atoms with van der Waals surface area (Å²) in [5.74, 6) is -0.208. The van der Waals surface area contributed by atoms with Crippen LogP contribution in [0.4, 0.5) is 5.69 Å². The van der Waals surface area contributed by atoms with Crippen LogP contribution in [0, 0.1) is 0 Å². The Morgan fingerprint density at radius 3 is 2.93 bits per heavy atom. The smallest absolute Gasteiger partial charge is 0.259 e. The van der Waals surface area contributed by atoms with Crippen LogP contribution in [-0.2, 0) is 11.2 Å². The zero-order chi connectivity index (χ0) is 18.6. The lowest BCUT2D eigenvalue weighted by Gasteiger charge is -2.30. The first kappa shape index (κ1) is 17.0. The van der Waals surface area contributed by atoms with Gasteiger partial charge >= 0.3 is 0 Å². The average Bonchev–Trinajstić information content (AvgIpc) is 2.69. The second-order valence-electron chi connectivity index (χ2n) is 6.59. The Hall–Kier alpha value is -3.41. The van der Waals surface area contributed by atoms with Crippen LogP contribution < -0.4 is 15.9 Å². The summed E-state index contributed by atoms with van der Waals surface area (Å²) >= 11 is 0. The van der Waals surface area contributed by atoms with Gasteiger partial charge in [-0.2, -0.15) is 5.10 Å². The van der Waals surface area contributed by atoms with Gasteiger partial charge in [-0.25, -0.2) is 5.43 Å². The van der Waals surface area contributed by atoms with Gasteiger partial charge in [-0.1, -0.05) is 36.4 Å². The molecule has 3 aromatic rings. The highest BCUT2D eigenvalue weighted by Gasteiger charge is 2.18. The molecule has 0 aliphatic carbocycles. The number of nitrogens with zero attached hydrogens (tertiary/aromatic N) is 2. The first-order valence-corrected chi connectivity index (χ1v) is 8.97. The van der Waals surface area contributed by atoms with Crippen LogP contribution in [0.15, 0.2) is 64.5 Å². The summed E-state index contributed by atoms with van der Waals surface area (Å²) in [6.45, 7) is 1.08. The number of para-hydroxylation sites is 2. The van der Waals surface area contributed by atoms with Gasteiger partial charge in [0.2, 0.25) is 0 Å². The molecule has 1 aliphatic heterocycles. The van der Waals surface area contributed by atoms with E-state index >= 15 is 0 Å². The van der Waals surface area contributed by atoms with E-state index in [4.69, 9.17) is 0 Å². The largest absolute Gasteiger partial charge is 0.362 e. The maximum Gasteiger partial charge on any atom is 0.259 e. The van der Waals surface area contributed by atoms with Gasteiger partial charge < -0.3 is 9.88 Å². The van der Waals surface area contributed by atoms with Crippen molar-refractivity contribution in [2.24, 2.45) is 5.10 Å². The maximum absolute atomic E-state index is 12.3. The number of amides is 1. The fourth-order valence-corrected chi connectivity index (χ4v) is 3.42. The molecule has 0 atom stereocenters. The van der Waals surface area contributed by atoms with Gasteiger partial charge in [0.05, 0.1) is 18.3 Å². The second kappa shape index (κ2) is 7.45. The molecule has 1 aromatic heterocycles. The molecule has 0 unspecified atom stereocenters. The minimum Gasteiger partial charge on any atom is -0.362 e. The number of carbonyl (C=O) groups is 1. The highest BCUT2D eigenvalue weighted by atomic mass is 16.2. The zero-order valence-corrected chi connectivity index (χ0v) is 14.8. The van der Waals surface area contributed by atoms with Crippen LogP contribution in [-0.4, -0.2) is 30.2 Å². The van der Waals surface area contributed by atoms with Gasteiger partial charge in [-0.3, -0.25) is 9.59 Å². The predicted molar refractivity (Wildman–Crippen MR) is 107 cm³/mol. The maximum atomic E-state index is 12.3. The molecule has 0 saturated carbocycles. The number of anilines is 1. The van der Waals surface area contributed by atoms with Crippen molar-refractivity contribution in [1.29, 1.82) is 0 Å². The number of fused-ring (bicyclic) bond motifs is 2. The Bertz CT molecular complexity index is 1070. The summed E-state index contributed by atoms with van der Waals surface area (Å²) in [5.41, 5.74) is 5.82. The van der Waals surface area contributed by atoms with Crippen molar-refractivity contribution in [3.05, 3.63) is 76.1 Å². The Morgan fingerprint density at radius 1 is 1.19 bits per heavy atom. The number of hydrogen-bond donors (Lipinski definition) is 2. The molecule has 136 valence electrons. The van der Waals surface area contributed by atoms with Crippen molar-refractivity contribution in [2.45, 2.75) is 12.8 Å². The first-order chi connectivity index (χ1) is 13.2. The van der Waals surface area contributed by atoms with Crippen molar-refractivity contribution in [3.8, 4) is 0 Å². The Morgan fingerprint density at radius 2 is 2.00 bits per heavy atom. The molecule has 1 aliphatic rings. The highest BCUT2D eigenvalue weighted by Crippen LogP contribution is 2.26. The van der Waals surface area contributed by atoms with E-state index in [1.165, 1.54) is 11.8 Å². The summed E-state index contributed by atoms with van der Waals surface area (Å²) in [7, 11) is 0. The second-order valence-corrected chi connectivity index (χ2v) is 6.59. The predicted octanol–water partition coefficient (Wildman–Crippen LogP) is 2.43. The van der Waals surface area contributed by atoms with Gasteiger partial charge in [0, 0.05) is 17.7 Å². The third kappa shape index (κ3) is 3.74. The van der Waals surface area contributed by atoms with Crippen LogP contribution in [0.1, 0.15) is 17.5 Å². The van der Waals surface area contributed by atoms with E-state index in [2.05, 4.69) is 26.5 Å². The summed E-state index contributed by atoms with van der Waals surface area (Å²) in [6.07, 6.45) is 3.45. The monoisotopic (exact) mass is 360 g/mol. The van der Waals surface area contributed by atoms with Gasteiger partial charge in [0.25, 0.3) is 11.5 Å². The molecule has 6 nitrogen and oxygen atoms in total. The molecule has 2 aromatic carbocycles. The zero-order valence-electron chi connectivity index (χ0n) is 14.8. The van der Waals surface area contributed by atoms with Gasteiger partial charge in [-0.15, -0.1) is 0 Å². The number of pyridine rings is 1. The number of aryl methyl sites for hydroxylation is 1. The quantitative estimate of drug-likeness (QED) is 0.554. The number of hydrogen-bond acceptors (Lipinski definition) is 4. The van der Waals surface area contributed by atoms with E-state index in [-0.39, 0.29) is 18.0 Å². The van der Waals surface area contributed by atoms with Gasteiger partial charge in [0.1, 0.15) is 0 Å². The van der Waals surface area contributed by atoms with E-state index in [0.717, 1.165) is 36.0 Å². The number of H-pyrrole nitrogens is 1. The Kier molecular flexibility index (Phi) is 4.70. The molecule has 6 heteroatoms. The van der Waals surface area contributed by atoms with Crippen molar-refractivity contribution in [3.63, 3.8) is 0 Å². The van der Waals surface area contributed by atoms with Gasteiger partial charge in [0.15, 0.2) is 0 Å². The molecular formula is C21H20N4O2. The molecule has 1 amide bonds. The first-order valence-electron chi connectivity index (χ1n) is 8.97. The van der Waals surface area contributed by atoms with Crippen LogP contribution in [0.2, 0.25) is 0 Å². The van der Waals surface area contributed by atoms with E-state index in [9.17, 15) is 9.59 Å². The topological polar surface area (TPSA) is 77.6 Å². The van der Waals surface area contributed by atoms with Crippen LogP contribution >= 0.6 is 0 Å². The molecule has 2 N–H and O–H groups in total. The SMILES string of the molecule is O=C(CN1CCCc2ccccc21)N/N=C/c1cc2ccccc2[nH]c1=O. The number of rotatable bonds is 4. The van der Waals surface area contributed by atoms with Crippen molar-refractivity contribution >= 4 is 28.7 Å². The van der Waals surface area contributed by atoms with Crippen molar-refractivity contribution < 1.29 is 4.79 Å². The third-order valence-electron chi connectivity index (χ3n) is 4.72. The summed E-state index contributed by atoms with van der Waals surface area (Å²) in [5, 5.41) is 4.87. The number of hydrazone groups is 1. The molecule has 27 heavy (non-hydrogen) atoms. The minimum absolute atomic E-state index is 0.208. The average molecular weight is 360 g/mol. The summed E-state index contributed by atoms with van der Waals surface area (Å²) in [6, 6.07) is 17.4. The molecular weight excluding hydrogens is 340 g/mol. The standard InChI is InChI=1S/C21H20N4O2/c26-20(14-25-11-5-8-15-6-2-4-10-19(15)25)24-22-13-17-12-16-7-1-3-9-18(16)23-21(17)27/h1-4,6-7,9-10,12-13H,5,8,11,14H2,(H,23,27)(H,24,26)/b22-13+. The van der Waals surface area contributed by atoms with E-state index in [0.29, 0.717) is 5.56 Å². The number of aromatic amines is 1. The molecule has 0 fully saturated rings. The van der Waals surface area contributed by atoms with Crippen LogP contribution in [0.3, 0.4) is 0 Å². The molecule has 4 rings (SSSR count). The molecule has 0 radical (unpaired) electrons. The molecule has 0 bridgehead atoms. The van der Waals surface area contributed by atoms with Gasteiger partial charge in [-0.05, 0) is 42.0 Å². The summed E-state index contributed by atoms with van der Waals surface area (Å²) in [4.78, 5) is 29.2. The van der Waals surface area contributed by atoms with E-state index in [1.807, 2.05) is 42.5 Å². The number of nitrogens with one attached hydrogen (secondary N) is 2. The Labute approximate surface area is 156 Å².